The van der Waals surface area contributed by atoms with Gasteiger partial charge in [0.25, 0.3) is 0 Å². The molecule has 0 bridgehead atoms. The van der Waals surface area contributed by atoms with E-state index >= 15 is 0 Å². The van der Waals surface area contributed by atoms with Crippen LogP contribution in [0.3, 0.4) is 0 Å². The molecular weight excluding hydrogens is 336 g/mol. The lowest BCUT2D eigenvalue weighted by molar-refractivity contribution is 0.174. The number of fused-ring (bicyclic) bond motifs is 2. The van der Waals surface area contributed by atoms with Crippen molar-refractivity contribution in [2.45, 2.75) is 31.2 Å². The molecule has 0 amide bonds. The van der Waals surface area contributed by atoms with Crippen LogP contribution in [0.5, 0.6) is 11.5 Å². The average Bonchev–Trinajstić information content (AvgIpc) is 3.09. The van der Waals surface area contributed by atoms with E-state index in [4.69, 9.17) is 14.5 Å². The van der Waals surface area contributed by atoms with Crippen LogP contribution in [0.1, 0.15) is 13.8 Å². The van der Waals surface area contributed by atoms with Crippen molar-refractivity contribution < 1.29 is 17.9 Å². The molecule has 4 rings (SSSR count). The molecule has 0 aromatic heterocycles. The summed E-state index contributed by atoms with van der Waals surface area (Å²) >= 11 is 1.66. The lowest BCUT2D eigenvalue weighted by Gasteiger charge is -2.27. The van der Waals surface area contributed by atoms with E-state index in [1.807, 2.05) is 18.2 Å². The Bertz CT molecular complexity index is 776. The summed E-state index contributed by atoms with van der Waals surface area (Å²) in [6.45, 7) is 4.44. The van der Waals surface area contributed by atoms with Crippen LogP contribution in [0.25, 0.3) is 0 Å². The third kappa shape index (κ3) is 2.67. The van der Waals surface area contributed by atoms with Gasteiger partial charge >= 0.3 is 0 Å². The molecule has 1 saturated heterocycles. The SMILES string of the molecule is CC(C)SC1=N[C@H]2CS(=O)(=O)C[C@@H]2N1c1ccc2c(c1)OCO2. The van der Waals surface area contributed by atoms with Gasteiger partial charge in [-0.15, -0.1) is 0 Å². The summed E-state index contributed by atoms with van der Waals surface area (Å²) in [5, 5.41) is 1.27. The Morgan fingerprint density at radius 1 is 1.26 bits per heavy atom. The Labute approximate surface area is 139 Å². The van der Waals surface area contributed by atoms with E-state index in [9.17, 15) is 8.42 Å². The number of nitrogens with zero attached hydrogens (tertiary/aromatic N) is 2. The molecule has 0 N–H and O–H groups in total. The highest BCUT2D eigenvalue weighted by Crippen LogP contribution is 2.40. The van der Waals surface area contributed by atoms with Crippen LogP contribution >= 0.6 is 11.8 Å². The lowest BCUT2D eigenvalue weighted by Crippen LogP contribution is -2.39. The predicted octanol–water partition coefficient (Wildman–Crippen LogP) is 1.90. The molecule has 3 heterocycles. The number of sulfone groups is 1. The second-order valence-electron chi connectivity index (χ2n) is 6.20. The fourth-order valence-electron chi connectivity index (χ4n) is 3.16. The van der Waals surface area contributed by atoms with Gasteiger partial charge in [0.2, 0.25) is 6.79 Å². The molecule has 1 fully saturated rings. The minimum absolute atomic E-state index is 0.123. The number of benzene rings is 1. The number of hydrogen-bond acceptors (Lipinski definition) is 7. The highest BCUT2D eigenvalue weighted by Gasteiger charge is 2.47. The molecule has 6 nitrogen and oxygen atoms in total. The minimum atomic E-state index is -3.02. The largest absolute Gasteiger partial charge is 0.454 e. The van der Waals surface area contributed by atoms with E-state index in [1.165, 1.54) is 0 Å². The van der Waals surface area contributed by atoms with E-state index in [-0.39, 0.29) is 30.4 Å². The molecule has 0 saturated carbocycles. The van der Waals surface area contributed by atoms with Crippen LogP contribution in [0.15, 0.2) is 23.2 Å². The number of thioether (sulfide) groups is 1. The van der Waals surface area contributed by atoms with Crippen LogP contribution in [0.2, 0.25) is 0 Å². The van der Waals surface area contributed by atoms with Gasteiger partial charge in [-0.05, 0) is 12.1 Å². The number of ether oxygens (including phenoxy) is 2. The van der Waals surface area contributed by atoms with Gasteiger partial charge in [-0.1, -0.05) is 25.6 Å². The summed E-state index contributed by atoms with van der Waals surface area (Å²) in [5.74, 6) is 1.71. The van der Waals surface area contributed by atoms with Gasteiger partial charge in [-0.3, -0.25) is 4.99 Å². The van der Waals surface area contributed by atoms with Crippen molar-refractivity contribution in [2.75, 3.05) is 23.2 Å². The Morgan fingerprint density at radius 2 is 2.04 bits per heavy atom. The second-order valence-corrected chi connectivity index (χ2v) is 9.89. The first-order valence-corrected chi connectivity index (χ1v) is 10.3. The summed E-state index contributed by atoms with van der Waals surface area (Å²) in [4.78, 5) is 6.75. The molecule has 1 aromatic rings. The normalized spacial score (nSPS) is 27.4. The van der Waals surface area contributed by atoms with Crippen molar-refractivity contribution in [3.05, 3.63) is 18.2 Å². The maximum Gasteiger partial charge on any atom is 0.231 e. The quantitative estimate of drug-likeness (QED) is 0.808. The third-order valence-electron chi connectivity index (χ3n) is 4.08. The number of rotatable bonds is 2. The molecule has 0 radical (unpaired) electrons. The number of amidine groups is 1. The molecule has 0 unspecified atom stereocenters. The summed E-state index contributed by atoms with van der Waals surface area (Å²) in [6, 6.07) is 5.42. The van der Waals surface area contributed by atoms with Crippen LogP contribution < -0.4 is 14.4 Å². The molecule has 0 spiro atoms. The highest BCUT2D eigenvalue weighted by molar-refractivity contribution is 8.14. The molecule has 23 heavy (non-hydrogen) atoms. The third-order valence-corrected chi connectivity index (χ3v) is 6.77. The predicted molar refractivity (Wildman–Crippen MR) is 91.4 cm³/mol. The minimum Gasteiger partial charge on any atom is -0.454 e. The maximum absolute atomic E-state index is 12.0. The number of aliphatic imine (C=N–C) groups is 1. The van der Waals surface area contributed by atoms with Crippen molar-refractivity contribution >= 4 is 32.5 Å². The molecule has 2 atom stereocenters. The highest BCUT2D eigenvalue weighted by atomic mass is 32.2. The molecule has 8 heteroatoms. The number of anilines is 1. The Hall–Kier alpha value is -1.41. The Balaban J connectivity index is 1.72. The van der Waals surface area contributed by atoms with Crippen molar-refractivity contribution in [1.29, 1.82) is 0 Å². The van der Waals surface area contributed by atoms with Crippen LogP contribution in [0, 0.1) is 0 Å². The van der Waals surface area contributed by atoms with Crippen molar-refractivity contribution in [3.63, 3.8) is 0 Å². The summed E-state index contributed by atoms with van der Waals surface area (Å²) in [5.41, 5.74) is 0.908. The average molecular weight is 354 g/mol. The second kappa shape index (κ2) is 5.31. The van der Waals surface area contributed by atoms with Gasteiger partial charge in [0.15, 0.2) is 26.5 Å². The van der Waals surface area contributed by atoms with Crippen molar-refractivity contribution in [3.8, 4) is 11.5 Å². The van der Waals surface area contributed by atoms with E-state index in [1.54, 1.807) is 11.8 Å². The first-order chi connectivity index (χ1) is 10.9. The first-order valence-electron chi connectivity index (χ1n) is 7.57. The fraction of sp³-hybridized carbons (Fsp3) is 0.533. The maximum atomic E-state index is 12.0. The molecule has 3 aliphatic heterocycles. The smallest absolute Gasteiger partial charge is 0.231 e. The summed E-state index contributed by atoms with van der Waals surface area (Å²) in [7, 11) is -3.02. The number of hydrogen-bond donors (Lipinski definition) is 0. The molecule has 3 aliphatic rings. The lowest BCUT2D eigenvalue weighted by atomic mass is 10.1. The molecular formula is C15H18N2O4S2. The summed E-state index contributed by atoms with van der Waals surface area (Å²) in [6.07, 6.45) is 0. The zero-order valence-electron chi connectivity index (χ0n) is 12.9. The van der Waals surface area contributed by atoms with Crippen LogP contribution in [0.4, 0.5) is 5.69 Å². The topological polar surface area (TPSA) is 68.2 Å². The molecule has 1 aromatic carbocycles. The van der Waals surface area contributed by atoms with Gasteiger partial charge in [-0.2, -0.15) is 0 Å². The van der Waals surface area contributed by atoms with E-state index in [0.717, 1.165) is 16.6 Å². The zero-order chi connectivity index (χ0) is 16.2. The van der Waals surface area contributed by atoms with E-state index in [2.05, 4.69) is 18.7 Å². The van der Waals surface area contributed by atoms with Crippen LogP contribution in [-0.4, -0.2) is 49.2 Å². The van der Waals surface area contributed by atoms with Gasteiger partial charge in [-0.25, -0.2) is 8.42 Å². The Kier molecular flexibility index (Phi) is 3.49. The fourth-order valence-corrected chi connectivity index (χ4v) is 5.98. The van der Waals surface area contributed by atoms with Gasteiger partial charge in [0.1, 0.15) is 0 Å². The van der Waals surface area contributed by atoms with Gasteiger partial charge in [0, 0.05) is 17.0 Å². The Morgan fingerprint density at radius 3 is 2.83 bits per heavy atom. The van der Waals surface area contributed by atoms with Crippen molar-refractivity contribution in [1.82, 2.24) is 0 Å². The van der Waals surface area contributed by atoms with Gasteiger partial charge in [0.05, 0.1) is 23.6 Å². The van der Waals surface area contributed by atoms with Gasteiger partial charge < -0.3 is 14.4 Å². The van der Waals surface area contributed by atoms with Crippen LogP contribution in [-0.2, 0) is 9.84 Å². The van der Waals surface area contributed by atoms with Crippen molar-refractivity contribution in [2.24, 2.45) is 4.99 Å². The molecule has 0 aliphatic carbocycles. The van der Waals surface area contributed by atoms with E-state index in [0.29, 0.717) is 11.0 Å². The monoisotopic (exact) mass is 354 g/mol. The molecule has 124 valence electrons. The first kappa shape index (κ1) is 15.1. The zero-order valence-corrected chi connectivity index (χ0v) is 14.6. The van der Waals surface area contributed by atoms with E-state index < -0.39 is 9.84 Å². The summed E-state index contributed by atoms with van der Waals surface area (Å²) < 4.78 is 34.8. The standard InChI is InChI=1S/C15H18N2O4S2/c1-9(2)22-15-16-11-6-23(18,19)7-12(11)17(15)10-3-4-13-14(5-10)21-8-20-13/h3-5,9,11-12H,6-8H2,1-2H3/t11-,12-/m0/s1.